The van der Waals surface area contributed by atoms with Gasteiger partial charge in [-0.25, -0.2) is 0 Å². The summed E-state index contributed by atoms with van der Waals surface area (Å²) in [7, 11) is 0. The highest BCUT2D eigenvalue weighted by atomic mass is 16.5. The van der Waals surface area contributed by atoms with Crippen LogP contribution in [0.5, 0.6) is 0 Å². The predicted octanol–water partition coefficient (Wildman–Crippen LogP) is 3.43. The van der Waals surface area contributed by atoms with E-state index in [1.54, 1.807) is 0 Å². The fourth-order valence-electron chi connectivity index (χ4n) is 3.24. The average Bonchev–Trinajstić information content (AvgIpc) is 3.01. The number of anilines is 2. The molecule has 110 valence electrons. The predicted molar refractivity (Wildman–Crippen MR) is 84.7 cm³/mol. The average molecular weight is 274 g/mol. The molecule has 20 heavy (non-hydrogen) atoms. The molecule has 2 aliphatic heterocycles. The topological polar surface area (TPSA) is 24.5 Å². The SMILES string of the molecule is Cc1cc(N2CCCC2)ccc1NCC1CCCOC1. The lowest BCUT2D eigenvalue weighted by atomic mass is 10.0. The Morgan fingerprint density at radius 1 is 1.25 bits per heavy atom. The van der Waals surface area contributed by atoms with Gasteiger partial charge in [0.15, 0.2) is 0 Å². The third-order valence-corrected chi connectivity index (χ3v) is 4.52. The highest BCUT2D eigenvalue weighted by Crippen LogP contribution is 2.26. The smallest absolute Gasteiger partial charge is 0.0511 e. The summed E-state index contributed by atoms with van der Waals surface area (Å²) in [6, 6.07) is 6.83. The molecule has 2 fully saturated rings. The Bertz CT molecular complexity index is 435. The van der Waals surface area contributed by atoms with Crippen LogP contribution in [-0.4, -0.2) is 32.8 Å². The fraction of sp³-hybridized carbons (Fsp3) is 0.647. The summed E-state index contributed by atoms with van der Waals surface area (Å²) in [5, 5.41) is 3.60. The van der Waals surface area contributed by atoms with Gasteiger partial charge in [-0.2, -0.15) is 0 Å². The van der Waals surface area contributed by atoms with Gasteiger partial charge in [0.2, 0.25) is 0 Å². The maximum atomic E-state index is 5.54. The van der Waals surface area contributed by atoms with Gasteiger partial charge in [0.05, 0.1) is 6.61 Å². The largest absolute Gasteiger partial charge is 0.384 e. The molecule has 1 N–H and O–H groups in total. The number of nitrogens with zero attached hydrogens (tertiary/aromatic N) is 1. The van der Waals surface area contributed by atoms with Gasteiger partial charge in [-0.3, -0.25) is 0 Å². The van der Waals surface area contributed by atoms with Crippen LogP contribution >= 0.6 is 0 Å². The standard InChI is InChI=1S/C17H26N2O/c1-14-11-16(19-8-2-3-9-19)6-7-17(14)18-12-15-5-4-10-20-13-15/h6-7,11,15,18H,2-5,8-10,12-13H2,1H3. The summed E-state index contributed by atoms with van der Waals surface area (Å²) < 4.78 is 5.54. The molecule has 1 aromatic carbocycles. The van der Waals surface area contributed by atoms with Crippen molar-refractivity contribution in [2.75, 3.05) is 43.1 Å². The number of rotatable bonds is 4. The number of benzene rings is 1. The maximum absolute atomic E-state index is 5.54. The second-order valence-corrected chi connectivity index (χ2v) is 6.16. The molecule has 0 saturated carbocycles. The Kier molecular flexibility index (Phi) is 4.46. The molecule has 3 rings (SSSR count). The van der Waals surface area contributed by atoms with E-state index >= 15 is 0 Å². The van der Waals surface area contributed by atoms with Gasteiger partial charge < -0.3 is 15.0 Å². The van der Waals surface area contributed by atoms with E-state index in [-0.39, 0.29) is 0 Å². The minimum absolute atomic E-state index is 0.668. The van der Waals surface area contributed by atoms with Crippen molar-refractivity contribution in [3.05, 3.63) is 23.8 Å². The van der Waals surface area contributed by atoms with E-state index in [2.05, 4.69) is 35.3 Å². The molecule has 2 aliphatic rings. The van der Waals surface area contributed by atoms with Crippen LogP contribution in [0.15, 0.2) is 18.2 Å². The molecule has 0 spiro atoms. The molecule has 1 atom stereocenters. The summed E-state index contributed by atoms with van der Waals surface area (Å²) in [6.07, 6.45) is 5.17. The van der Waals surface area contributed by atoms with Crippen molar-refractivity contribution < 1.29 is 4.74 Å². The zero-order valence-corrected chi connectivity index (χ0v) is 12.5. The molecule has 3 heteroatoms. The molecule has 2 heterocycles. The van der Waals surface area contributed by atoms with Crippen LogP contribution in [0, 0.1) is 12.8 Å². The molecule has 1 aromatic rings. The summed E-state index contributed by atoms with van der Waals surface area (Å²) >= 11 is 0. The number of aryl methyl sites for hydroxylation is 1. The monoisotopic (exact) mass is 274 g/mol. The minimum Gasteiger partial charge on any atom is -0.384 e. The van der Waals surface area contributed by atoms with Crippen LogP contribution in [0.4, 0.5) is 11.4 Å². The lowest BCUT2D eigenvalue weighted by Gasteiger charge is -2.24. The van der Waals surface area contributed by atoms with Gasteiger partial charge >= 0.3 is 0 Å². The molecule has 0 amide bonds. The molecular weight excluding hydrogens is 248 g/mol. The first-order valence-electron chi connectivity index (χ1n) is 8.00. The normalized spacial score (nSPS) is 23.1. The van der Waals surface area contributed by atoms with E-state index in [0.29, 0.717) is 5.92 Å². The van der Waals surface area contributed by atoms with E-state index in [4.69, 9.17) is 4.74 Å². The van der Waals surface area contributed by atoms with Crippen LogP contribution in [-0.2, 0) is 4.74 Å². The first kappa shape index (κ1) is 13.7. The molecular formula is C17H26N2O. The van der Waals surface area contributed by atoms with Gasteiger partial charge in [0, 0.05) is 37.6 Å². The lowest BCUT2D eigenvalue weighted by molar-refractivity contribution is 0.0595. The summed E-state index contributed by atoms with van der Waals surface area (Å²) in [4.78, 5) is 2.49. The van der Waals surface area contributed by atoms with Gasteiger partial charge in [-0.15, -0.1) is 0 Å². The summed E-state index contributed by atoms with van der Waals surface area (Å²) in [5.41, 5.74) is 4.01. The van der Waals surface area contributed by atoms with Crippen molar-refractivity contribution in [3.63, 3.8) is 0 Å². The second kappa shape index (κ2) is 6.49. The highest BCUT2D eigenvalue weighted by molar-refractivity contribution is 5.60. The molecule has 0 radical (unpaired) electrons. The first-order valence-corrected chi connectivity index (χ1v) is 8.00. The Balaban J connectivity index is 1.58. The van der Waals surface area contributed by atoms with Crippen LogP contribution in [0.25, 0.3) is 0 Å². The summed E-state index contributed by atoms with van der Waals surface area (Å²) in [5.74, 6) is 0.668. The van der Waals surface area contributed by atoms with Crippen molar-refractivity contribution in [2.24, 2.45) is 5.92 Å². The van der Waals surface area contributed by atoms with Crippen molar-refractivity contribution in [1.82, 2.24) is 0 Å². The molecule has 2 saturated heterocycles. The van der Waals surface area contributed by atoms with Crippen molar-refractivity contribution >= 4 is 11.4 Å². The molecule has 3 nitrogen and oxygen atoms in total. The number of ether oxygens (including phenoxy) is 1. The maximum Gasteiger partial charge on any atom is 0.0511 e. The number of hydrogen-bond acceptors (Lipinski definition) is 3. The van der Waals surface area contributed by atoms with Crippen LogP contribution in [0.1, 0.15) is 31.2 Å². The quantitative estimate of drug-likeness (QED) is 0.910. The second-order valence-electron chi connectivity index (χ2n) is 6.16. The van der Waals surface area contributed by atoms with E-state index in [1.807, 2.05) is 0 Å². The molecule has 0 aliphatic carbocycles. The lowest BCUT2D eigenvalue weighted by Crippen LogP contribution is -2.24. The Labute approximate surface area is 122 Å². The zero-order chi connectivity index (χ0) is 13.8. The third kappa shape index (κ3) is 3.26. The van der Waals surface area contributed by atoms with Crippen molar-refractivity contribution in [1.29, 1.82) is 0 Å². The van der Waals surface area contributed by atoms with Crippen LogP contribution < -0.4 is 10.2 Å². The van der Waals surface area contributed by atoms with E-state index < -0.39 is 0 Å². The fourth-order valence-corrected chi connectivity index (χ4v) is 3.24. The molecule has 1 unspecified atom stereocenters. The Morgan fingerprint density at radius 2 is 2.10 bits per heavy atom. The Morgan fingerprint density at radius 3 is 2.80 bits per heavy atom. The highest BCUT2D eigenvalue weighted by Gasteiger charge is 2.15. The van der Waals surface area contributed by atoms with Gasteiger partial charge in [0.1, 0.15) is 0 Å². The van der Waals surface area contributed by atoms with Crippen LogP contribution in [0.3, 0.4) is 0 Å². The first-order chi connectivity index (χ1) is 9.83. The Hall–Kier alpha value is -1.22. The van der Waals surface area contributed by atoms with Crippen LogP contribution in [0.2, 0.25) is 0 Å². The minimum atomic E-state index is 0.668. The van der Waals surface area contributed by atoms with Gasteiger partial charge in [0.25, 0.3) is 0 Å². The van der Waals surface area contributed by atoms with Crippen molar-refractivity contribution in [3.8, 4) is 0 Å². The molecule has 0 bridgehead atoms. The van der Waals surface area contributed by atoms with E-state index in [1.165, 1.54) is 55.7 Å². The number of hydrogen-bond donors (Lipinski definition) is 1. The van der Waals surface area contributed by atoms with Gasteiger partial charge in [-0.1, -0.05) is 0 Å². The number of nitrogens with one attached hydrogen (secondary N) is 1. The zero-order valence-electron chi connectivity index (χ0n) is 12.5. The van der Waals surface area contributed by atoms with Crippen molar-refractivity contribution in [2.45, 2.75) is 32.6 Å². The van der Waals surface area contributed by atoms with Gasteiger partial charge in [-0.05, 0) is 62.3 Å². The molecule has 0 aromatic heterocycles. The van der Waals surface area contributed by atoms with E-state index in [9.17, 15) is 0 Å². The third-order valence-electron chi connectivity index (χ3n) is 4.52. The van der Waals surface area contributed by atoms with E-state index in [0.717, 1.165) is 19.8 Å². The summed E-state index contributed by atoms with van der Waals surface area (Å²) in [6.45, 7) is 7.53.